The number of amides is 1. The minimum absolute atomic E-state index is 0. The van der Waals surface area contributed by atoms with Crippen molar-refractivity contribution in [3.63, 3.8) is 0 Å². The van der Waals surface area contributed by atoms with Gasteiger partial charge in [-0.2, -0.15) is 0 Å². The Labute approximate surface area is 175 Å². The first-order valence-electron chi connectivity index (χ1n) is 9.21. The molecule has 1 aliphatic heterocycles. The minimum Gasteiger partial charge on any atom is -0.366 e. The third-order valence-electron chi connectivity index (χ3n) is 5.29. The van der Waals surface area contributed by atoms with E-state index in [-0.39, 0.29) is 28.8 Å². The zero-order valence-corrected chi connectivity index (χ0v) is 17.6. The molecule has 0 saturated carbocycles. The molecule has 0 atom stereocenters. The second-order valence-corrected chi connectivity index (χ2v) is 8.95. The Balaban J connectivity index is 0.00000240. The van der Waals surface area contributed by atoms with Crippen LogP contribution in [0.15, 0.2) is 47.6 Å². The van der Waals surface area contributed by atoms with Gasteiger partial charge in [0, 0.05) is 23.2 Å². The van der Waals surface area contributed by atoms with E-state index < -0.39 is 15.9 Å². The Bertz CT molecular complexity index is 1150. The van der Waals surface area contributed by atoms with E-state index in [0.717, 1.165) is 31.5 Å². The SMILES string of the molecule is Cc1ccc(S(=O)(=O)n2c(C3CCNCC3)cc3c(C(N)=O)cncc32)cc1.Cl. The van der Waals surface area contributed by atoms with Crippen LogP contribution < -0.4 is 11.1 Å². The van der Waals surface area contributed by atoms with Crippen molar-refractivity contribution in [3.05, 3.63) is 59.5 Å². The van der Waals surface area contributed by atoms with Gasteiger partial charge in [-0.1, -0.05) is 17.7 Å². The van der Waals surface area contributed by atoms with Crippen LogP contribution in [-0.4, -0.2) is 36.4 Å². The molecule has 9 heteroatoms. The predicted octanol–water partition coefficient (Wildman–Crippen LogP) is 2.57. The molecule has 29 heavy (non-hydrogen) atoms. The Hall–Kier alpha value is -2.42. The molecule has 3 N–H and O–H groups in total. The lowest BCUT2D eigenvalue weighted by Crippen LogP contribution is -2.28. The second kappa shape index (κ2) is 8.14. The van der Waals surface area contributed by atoms with Crippen LogP contribution in [-0.2, 0) is 10.0 Å². The first-order chi connectivity index (χ1) is 13.4. The molecule has 3 heterocycles. The number of nitrogens with two attached hydrogens (primary N) is 1. The molecule has 3 aromatic rings. The summed E-state index contributed by atoms with van der Waals surface area (Å²) in [6.07, 6.45) is 4.51. The molecular weight excluding hydrogens is 412 g/mol. The molecule has 1 aromatic carbocycles. The van der Waals surface area contributed by atoms with Gasteiger partial charge in [0.05, 0.1) is 22.2 Å². The topological polar surface area (TPSA) is 107 Å². The second-order valence-electron chi connectivity index (χ2n) is 7.16. The van der Waals surface area contributed by atoms with Gasteiger partial charge in [0.2, 0.25) is 0 Å². The van der Waals surface area contributed by atoms with Gasteiger partial charge in [-0.15, -0.1) is 12.4 Å². The maximum Gasteiger partial charge on any atom is 0.268 e. The van der Waals surface area contributed by atoms with Gasteiger partial charge >= 0.3 is 0 Å². The van der Waals surface area contributed by atoms with Crippen molar-refractivity contribution < 1.29 is 13.2 Å². The van der Waals surface area contributed by atoms with Crippen molar-refractivity contribution >= 4 is 39.2 Å². The van der Waals surface area contributed by atoms with E-state index in [1.807, 2.05) is 6.92 Å². The quantitative estimate of drug-likeness (QED) is 0.656. The molecule has 1 fully saturated rings. The smallest absolute Gasteiger partial charge is 0.268 e. The predicted molar refractivity (Wildman–Crippen MR) is 114 cm³/mol. The number of hydrogen-bond acceptors (Lipinski definition) is 5. The number of rotatable bonds is 4. The Morgan fingerprint density at radius 2 is 1.83 bits per heavy atom. The van der Waals surface area contributed by atoms with Crippen LogP contribution in [0.3, 0.4) is 0 Å². The van der Waals surface area contributed by atoms with Crippen molar-refractivity contribution in [2.24, 2.45) is 5.73 Å². The van der Waals surface area contributed by atoms with E-state index in [1.165, 1.54) is 16.4 Å². The van der Waals surface area contributed by atoms with E-state index in [9.17, 15) is 13.2 Å². The number of halogens is 1. The number of hydrogen-bond donors (Lipinski definition) is 2. The number of aryl methyl sites for hydroxylation is 1. The van der Waals surface area contributed by atoms with E-state index in [0.29, 0.717) is 16.6 Å². The fourth-order valence-corrected chi connectivity index (χ4v) is 5.37. The van der Waals surface area contributed by atoms with E-state index in [4.69, 9.17) is 5.73 Å². The van der Waals surface area contributed by atoms with Crippen LogP contribution in [0.4, 0.5) is 0 Å². The molecule has 0 aliphatic carbocycles. The van der Waals surface area contributed by atoms with Gasteiger partial charge < -0.3 is 11.1 Å². The third-order valence-corrected chi connectivity index (χ3v) is 7.05. The average molecular weight is 435 g/mol. The molecule has 2 aromatic heterocycles. The lowest BCUT2D eigenvalue weighted by atomic mass is 9.94. The van der Waals surface area contributed by atoms with Crippen molar-refractivity contribution in [1.82, 2.24) is 14.3 Å². The summed E-state index contributed by atoms with van der Waals surface area (Å²) in [5, 5.41) is 3.82. The standard InChI is InChI=1S/C20H22N4O3S.ClH/c1-13-2-4-15(5-3-13)28(26,27)24-18(14-6-8-22-9-7-14)10-16-17(20(21)25)11-23-12-19(16)24;/h2-5,10-12,14,22H,6-9H2,1H3,(H2,21,25);1H. The monoisotopic (exact) mass is 434 g/mol. The lowest BCUT2D eigenvalue weighted by Gasteiger charge is -2.24. The normalized spacial score (nSPS) is 15.2. The maximum absolute atomic E-state index is 13.6. The number of aromatic nitrogens is 2. The number of carbonyl (C=O) groups excluding carboxylic acids is 1. The average Bonchev–Trinajstić information content (AvgIpc) is 3.09. The summed E-state index contributed by atoms with van der Waals surface area (Å²) in [5.74, 6) is -0.561. The van der Waals surface area contributed by atoms with Crippen LogP contribution >= 0.6 is 12.4 Å². The highest BCUT2D eigenvalue weighted by atomic mass is 35.5. The number of primary amides is 1. The largest absolute Gasteiger partial charge is 0.366 e. The summed E-state index contributed by atoms with van der Waals surface area (Å²) in [6.45, 7) is 3.54. The first-order valence-corrected chi connectivity index (χ1v) is 10.7. The molecule has 4 rings (SSSR count). The molecular formula is C20H23ClN4O3S. The molecule has 0 radical (unpaired) electrons. The molecule has 1 aliphatic rings. The number of carbonyl (C=O) groups is 1. The van der Waals surface area contributed by atoms with Crippen LogP contribution in [0, 0.1) is 6.92 Å². The number of fused-ring (bicyclic) bond motifs is 1. The van der Waals surface area contributed by atoms with Crippen molar-refractivity contribution in [1.29, 1.82) is 0 Å². The summed E-state index contributed by atoms with van der Waals surface area (Å²) >= 11 is 0. The van der Waals surface area contributed by atoms with Crippen LogP contribution in [0.5, 0.6) is 0 Å². The van der Waals surface area contributed by atoms with Crippen molar-refractivity contribution in [3.8, 4) is 0 Å². The zero-order valence-electron chi connectivity index (χ0n) is 16.0. The summed E-state index contributed by atoms with van der Waals surface area (Å²) in [6, 6.07) is 8.55. The van der Waals surface area contributed by atoms with Crippen LogP contribution in [0.25, 0.3) is 10.9 Å². The van der Waals surface area contributed by atoms with E-state index in [1.54, 1.807) is 30.3 Å². The Morgan fingerprint density at radius 3 is 2.45 bits per heavy atom. The van der Waals surface area contributed by atoms with Gasteiger partial charge in [-0.3, -0.25) is 9.78 Å². The van der Waals surface area contributed by atoms with E-state index in [2.05, 4.69) is 10.3 Å². The summed E-state index contributed by atoms with van der Waals surface area (Å²) in [4.78, 5) is 16.2. The fourth-order valence-electron chi connectivity index (χ4n) is 3.80. The first kappa shape index (κ1) is 21.3. The number of pyridine rings is 1. The Kier molecular flexibility index (Phi) is 5.97. The van der Waals surface area contributed by atoms with Crippen molar-refractivity contribution in [2.75, 3.05) is 13.1 Å². The third kappa shape index (κ3) is 3.75. The molecule has 0 unspecified atom stereocenters. The minimum atomic E-state index is -3.86. The molecule has 1 saturated heterocycles. The summed E-state index contributed by atoms with van der Waals surface area (Å²) in [7, 11) is -3.86. The fraction of sp³-hybridized carbons (Fsp3) is 0.300. The molecule has 0 spiro atoms. The summed E-state index contributed by atoms with van der Waals surface area (Å²) in [5.41, 5.74) is 7.77. The Morgan fingerprint density at radius 1 is 1.17 bits per heavy atom. The molecule has 154 valence electrons. The molecule has 1 amide bonds. The van der Waals surface area contributed by atoms with E-state index >= 15 is 0 Å². The van der Waals surface area contributed by atoms with Gasteiger partial charge in [0.1, 0.15) is 0 Å². The molecule has 0 bridgehead atoms. The lowest BCUT2D eigenvalue weighted by molar-refractivity contribution is 0.100. The number of nitrogens with zero attached hydrogens (tertiary/aromatic N) is 2. The van der Waals surface area contributed by atoms with Gasteiger partial charge in [0.25, 0.3) is 15.9 Å². The number of nitrogens with one attached hydrogen (secondary N) is 1. The van der Waals surface area contributed by atoms with Gasteiger partial charge in [-0.25, -0.2) is 12.4 Å². The number of piperidine rings is 1. The van der Waals surface area contributed by atoms with Crippen molar-refractivity contribution in [2.45, 2.75) is 30.6 Å². The van der Waals surface area contributed by atoms with Crippen LogP contribution in [0.1, 0.15) is 40.4 Å². The van der Waals surface area contributed by atoms with Crippen LogP contribution in [0.2, 0.25) is 0 Å². The highest BCUT2D eigenvalue weighted by Gasteiger charge is 2.29. The highest BCUT2D eigenvalue weighted by Crippen LogP contribution is 2.34. The maximum atomic E-state index is 13.6. The highest BCUT2D eigenvalue weighted by molar-refractivity contribution is 7.90. The van der Waals surface area contributed by atoms with Gasteiger partial charge in [0.15, 0.2) is 0 Å². The zero-order chi connectivity index (χ0) is 19.9. The van der Waals surface area contributed by atoms with Gasteiger partial charge in [-0.05, 0) is 51.1 Å². The summed E-state index contributed by atoms with van der Waals surface area (Å²) < 4.78 is 28.5. The number of benzene rings is 1. The molecule has 7 nitrogen and oxygen atoms in total.